The lowest BCUT2D eigenvalue weighted by Gasteiger charge is -2.24. The van der Waals surface area contributed by atoms with Gasteiger partial charge < -0.3 is 4.90 Å². The monoisotopic (exact) mass is 301 g/mol. The zero-order valence-electron chi connectivity index (χ0n) is 9.79. The van der Waals surface area contributed by atoms with E-state index in [1.807, 2.05) is 24.9 Å². The standard InChI is InChI=1S/C12H16BrNOS/c1-7-6-10(16-11(7)13)12(15)14(3)8(2)9-4-5-9/h6,8-9H,4-5H2,1-3H3. The summed E-state index contributed by atoms with van der Waals surface area (Å²) in [4.78, 5) is 14.9. The molecule has 1 saturated carbocycles. The Kier molecular flexibility index (Phi) is 3.40. The van der Waals surface area contributed by atoms with Gasteiger partial charge in [-0.05, 0) is 60.2 Å². The Hall–Kier alpha value is -0.350. The molecule has 0 N–H and O–H groups in total. The van der Waals surface area contributed by atoms with Crippen molar-refractivity contribution in [1.29, 1.82) is 0 Å². The van der Waals surface area contributed by atoms with Crippen LogP contribution in [0, 0.1) is 12.8 Å². The molecule has 1 aromatic rings. The fourth-order valence-electron chi connectivity index (χ4n) is 1.82. The third-order valence-electron chi connectivity index (χ3n) is 3.30. The third-order valence-corrected chi connectivity index (χ3v) is 5.43. The van der Waals surface area contributed by atoms with E-state index in [0.717, 1.165) is 20.1 Å². The molecule has 1 heterocycles. The van der Waals surface area contributed by atoms with Gasteiger partial charge in [-0.15, -0.1) is 11.3 Å². The lowest BCUT2D eigenvalue weighted by Crippen LogP contribution is -2.35. The number of halogens is 1. The van der Waals surface area contributed by atoms with Gasteiger partial charge in [-0.1, -0.05) is 0 Å². The largest absolute Gasteiger partial charge is 0.338 e. The lowest BCUT2D eigenvalue weighted by molar-refractivity contribution is 0.0732. The molecule has 88 valence electrons. The lowest BCUT2D eigenvalue weighted by atomic mass is 10.2. The van der Waals surface area contributed by atoms with E-state index in [9.17, 15) is 4.79 Å². The van der Waals surface area contributed by atoms with E-state index >= 15 is 0 Å². The van der Waals surface area contributed by atoms with Gasteiger partial charge in [0.2, 0.25) is 0 Å². The molecule has 1 aliphatic carbocycles. The maximum atomic E-state index is 12.2. The molecular weight excluding hydrogens is 286 g/mol. The number of nitrogens with zero attached hydrogens (tertiary/aromatic N) is 1. The predicted octanol–water partition coefficient (Wildman–Crippen LogP) is 3.69. The highest BCUT2D eigenvalue weighted by molar-refractivity contribution is 9.11. The van der Waals surface area contributed by atoms with Gasteiger partial charge in [0.05, 0.1) is 8.66 Å². The van der Waals surface area contributed by atoms with E-state index in [4.69, 9.17) is 0 Å². The fraction of sp³-hybridized carbons (Fsp3) is 0.583. The van der Waals surface area contributed by atoms with Crippen molar-refractivity contribution in [2.45, 2.75) is 32.7 Å². The number of hydrogen-bond acceptors (Lipinski definition) is 2. The second-order valence-corrected chi connectivity index (χ2v) is 6.93. The number of amides is 1. The second kappa shape index (κ2) is 4.49. The summed E-state index contributed by atoms with van der Waals surface area (Å²) in [6, 6.07) is 2.33. The molecule has 1 fully saturated rings. The molecule has 1 amide bonds. The van der Waals surface area contributed by atoms with Crippen LogP contribution >= 0.6 is 27.3 Å². The first kappa shape index (κ1) is 12.1. The second-order valence-electron chi connectivity index (χ2n) is 4.56. The van der Waals surface area contributed by atoms with Crippen molar-refractivity contribution in [3.8, 4) is 0 Å². The minimum Gasteiger partial charge on any atom is -0.338 e. The Labute approximate surface area is 109 Å². The van der Waals surface area contributed by atoms with Gasteiger partial charge in [0.15, 0.2) is 0 Å². The van der Waals surface area contributed by atoms with Gasteiger partial charge in [0.25, 0.3) is 5.91 Å². The van der Waals surface area contributed by atoms with Crippen LogP contribution in [-0.4, -0.2) is 23.9 Å². The highest BCUT2D eigenvalue weighted by Gasteiger charge is 2.33. The van der Waals surface area contributed by atoms with E-state index < -0.39 is 0 Å². The van der Waals surface area contributed by atoms with Crippen molar-refractivity contribution in [2.24, 2.45) is 5.92 Å². The maximum absolute atomic E-state index is 12.2. The fourth-order valence-corrected chi connectivity index (χ4v) is 3.34. The summed E-state index contributed by atoms with van der Waals surface area (Å²) in [6.45, 7) is 4.16. The quantitative estimate of drug-likeness (QED) is 0.834. The minimum absolute atomic E-state index is 0.151. The summed E-state index contributed by atoms with van der Waals surface area (Å²) < 4.78 is 1.06. The molecule has 0 aromatic carbocycles. The first-order chi connectivity index (χ1) is 7.50. The average molecular weight is 302 g/mol. The van der Waals surface area contributed by atoms with Gasteiger partial charge in [0.1, 0.15) is 0 Å². The van der Waals surface area contributed by atoms with Crippen molar-refractivity contribution in [1.82, 2.24) is 4.90 Å². The smallest absolute Gasteiger partial charge is 0.263 e. The van der Waals surface area contributed by atoms with Crippen LogP contribution < -0.4 is 0 Å². The zero-order chi connectivity index (χ0) is 11.9. The van der Waals surface area contributed by atoms with Gasteiger partial charge in [-0.3, -0.25) is 4.79 Å². The number of thiophene rings is 1. The molecule has 0 aliphatic heterocycles. The van der Waals surface area contributed by atoms with Crippen LogP contribution in [0.15, 0.2) is 9.85 Å². The summed E-state index contributed by atoms with van der Waals surface area (Å²) in [5.74, 6) is 0.872. The van der Waals surface area contributed by atoms with Crippen molar-refractivity contribution in [2.75, 3.05) is 7.05 Å². The molecule has 0 spiro atoms. The van der Waals surface area contributed by atoms with Gasteiger partial charge in [-0.2, -0.15) is 0 Å². The van der Waals surface area contributed by atoms with Crippen LogP contribution in [0.1, 0.15) is 35.0 Å². The van der Waals surface area contributed by atoms with E-state index in [1.54, 1.807) is 0 Å². The van der Waals surface area contributed by atoms with Gasteiger partial charge in [-0.25, -0.2) is 0 Å². The van der Waals surface area contributed by atoms with Crippen molar-refractivity contribution in [3.05, 3.63) is 20.3 Å². The Bertz CT molecular complexity index is 392. The minimum atomic E-state index is 0.151. The molecule has 0 bridgehead atoms. The number of carbonyl (C=O) groups excluding carboxylic acids is 1. The number of rotatable bonds is 3. The molecule has 2 rings (SSSR count). The van der Waals surface area contributed by atoms with E-state index in [2.05, 4.69) is 22.9 Å². The molecule has 1 atom stereocenters. The van der Waals surface area contributed by atoms with Gasteiger partial charge in [0, 0.05) is 13.1 Å². The van der Waals surface area contributed by atoms with Crippen LogP contribution in [0.5, 0.6) is 0 Å². The molecule has 4 heteroatoms. The van der Waals surface area contributed by atoms with Crippen molar-refractivity contribution < 1.29 is 4.79 Å². The van der Waals surface area contributed by atoms with E-state index in [0.29, 0.717) is 6.04 Å². The third kappa shape index (κ3) is 2.33. The average Bonchev–Trinajstić information content (AvgIpc) is 3.04. The van der Waals surface area contributed by atoms with Crippen LogP contribution in [0.4, 0.5) is 0 Å². The maximum Gasteiger partial charge on any atom is 0.263 e. The summed E-state index contributed by atoms with van der Waals surface area (Å²) in [7, 11) is 1.91. The molecule has 1 aliphatic rings. The molecular formula is C12H16BrNOS. The molecule has 1 aromatic heterocycles. The highest BCUT2D eigenvalue weighted by Crippen LogP contribution is 2.36. The number of hydrogen-bond donors (Lipinski definition) is 0. The van der Waals surface area contributed by atoms with Crippen LogP contribution in [0.2, 0.25) is 0 Å². The summed E-state index contributed by atoms with van der Waals surface area (Å²) in [5, 5.41) is 0. The Morgan fingerprint density at radius 3 is 2.69 bits per heavy atom. The summed E-state index contributed by atoms with van der Waals surface area (Å²) in [5.41, 5.74) is 1.14. The SMILES string of the molecule is Cc1cc(C(=O)N(C)C(C)C2CC2)sc1Br. The van der Waals surface area contributed by atoms with E-state index in [-0.39, 0.29) is 5.91 Å². The van der Waals surface area contributed by atoms with E-state index in [1.165, 1.54) is 24.2 Å². The Morgan fingerprint density at radius 2 is 2.25 bits per heavy atom. The van der Waals surface area contributed by atoms with Crippen molar-refractivity contribution in [3.63, 3.8) is 0 Å². The Balaban J connectivity index is 2.11. The number of carbonyl (C=O) groups is 1. The molecule has 0 radical (unpaired) electrons. The first-order valence-corrected chi connectivity index (χ1v) is 7.14. The van der Waals surface area contributed by atoms with Crippen LogP contribution in [0.25, 0.3) is 0 Å². The molecule has 1 unspecified atom stereocenters. The Morgan fingerprint density at radius 1 is 1.62 bits per heavy atom. The number of aryl methyl sites for hydroxylation is 1. The topological polar surface area (TPSA) is 20.3 Å². The van der Waals surface area contributed by atoms with Crippen LogP contribution in [0.3, 0.4) is 0 Å². The normalized spacial score (nSPS) is 17.2. The van der Waals surface area contributed by atoms with Gasteiger partial charge >= 0.3 is 0 Å². The molecule has 2 nitrogen and oxygen atoms in total. The van der Waals surface area contributed by atoms with Crippen LogP contribution in [-0.2, 0) is 0 Å². The molecule has 0 saturated heterocycles. The van der Waals surface area contributed by atoms with Crippen molar-refractivity contribution >= 4 is 33.2 Å². The zero-order valence-corrected chi connectivity index (χ0v) is 12.2. The summed E-state index contributed by atoms with van der Waals surface area (Å²) >= 11 is 4.99. The summed E-state index contributed by atoms with van der Waals surface area (Å²) in [6.07, 6.45) is 2.54. The first-order valence-electron chi connectivity index (χ1n) is 5.53. The predicted molar refractivity (Wildman–Crippen MR) is 71.0 cm³/mol. The highest BCUT2D eigenvalue weighted by atomic mass is 79.9. The molecule has 16 heavy (non-hydrogen) atoms.